The lowest BCUT2D eigenvalue weighted by Gasteiger charge is -2.34. The van der Waals surface area contributed by atoms with Gasteiger partial charge in [-0.05, 0) is 5.56 Å². The zero-order valence-electron chi connectivity index (χ0n) is 13.7. The highest BCUT2D eigenvalue weighted by Crippen LogP contribution is 2.03. The number of nitrogens with zero attached hydrogens (tertiary/aromatic N) is 2. The van der Waals surface area contributed by atoms with Crippen LogP contribution in [0.5, 0.6) is 0 Å². The molecule has 1 amide bonds. The average Bonchev–Trinajstić information content (AvgIpc) is 2.60. The van der Waals surface area contributed by atoms with Crippen molar-refractivity contribution in [2.24, 2.45) is 0 Å². The van der Waals surface area contributed by atoms with Gasteiger partial charge in [0.2, 0.25) is 5.91 Å². The van der Waals surface area contributed by atoms with Crippen LogP contribution in [0.15, 0.2) is 30.3 Å². The van der Waals surface area contributed by atoms with Gasteiger partial charge in [-0.3, -0.25) is 14.5 Å². The number of piperazine rings is 1. The Bertz CT molecular complexity index is 499. The average molecular weight is 319 g/mol. The van der Waals surface area contributed by atoms with E-state index in [1.165, 1.54) is 7.11 Å². The highest BCUT2D eigenvalue weighted by Gasteiger charge is 2.19. The fourth-order valence-corrected chi connectivity index (χ4v) is 2.58. The quantitative estimate of drug-likeness (QED) is 0.741. The van der Waals surface area contributed by atoms with Crippen LogP contribution in [-0.2, 0) is 20.9 Å². The number of hydrogen-bond acceptors (Lipinski definition) is 5. The normalized spacial score (nSPS) is 16.0. The Balaban J connectivity index is 1.62. The van der Waals surface area contributed by atoms with Crippen molar-refractivity contribution < 1.29 is 14.3 Å². The molecule has 0 aliphatic carbocycles. The Morgan fingerprint density at radius 2 is 1.74 bits per heavy atom. The molecular formula is C17H25N3O3. The van der Waals surface area contributed by atoms with Gasteiger partial charge in [-0.2, -0.15) is 0 Å². The molecule has 0 aromatic heterocycles. The maximum Gasteiger partial charge on any atom is 0.306 e. The van der Waals surface area contributed by atoms with E-state index in [9.17, 15) is 9.59 Å². The molecule has 126 valence electrons. The number of esters is 1. The molecule has 6 nitrogen and oxygen atoms in total. The summed E-state index contributed by atoms with van der Waals surface area (Å²) in [6.07, 6.45) is 0.425. The van der Waals surface area contributed by atoms with Gasteiger partial charge in [0.25, 0.3) is 0 Å². The summed E-state index contributed by atoms with van der Waals surface area (Å²) in [4.78, 5) is 27.5. The lowest BCUT2D eigenvalue weighted by atomic mass is 10.2. The second kappa shape index (κ2) is 9.27. The summed E-state index contributed by atoms with van der Waals surface area (Å²) in [5, 5.41) is 2.95. The minimum Gasteiger partial charge on any atom is -0.469 e. The summed E-state index contributed by atoms with van der Waals surface area (Å²) < 4.78 is 4.65. The third kappa shape index (κ3) is 6.38. The number of methoxy groups -OCH3 is 1. The molecule has 1 aliphatic heterocycles. The van der Waals surface area contributed by atoms with Crippen LogP contribution in [0.1, 0.15) is 12.0 Å². The fourth-order valence-electron chi connectivity index (χ4n) is 2.58. The number of benzene rings is 1. The number of ether oxygens (including phenoxy) is 1. The first-order valence-corrected chi connectivity index (χ1v) is 7.99. The van der Waals surface area contributed by atoms with Crippen LogP contribution < -0.4 is 5.32 Å². The van der Waals surface area contributed by atoms with E-state index in [1.54, 1.807) is 0 Å². The van der Waals surface area contributed by atoms with Gasteiger partial charge in [0.15, 0.2) is 0 Å². The topological polar surface area (TPSA) is 61.9 Å². The van der Waals surface area contributed by atoms with E-state index in [2.05, 4.69) is 19.9 Å². The standard InChI is InChI=1S/C17H25N3O3/c1-23-17(22)7-8-19-9-11-20(12-10-19)14-16(21)18-13-15-5-3-2-4-6-15/h2-6H,7-14H2,1H3,(H,18,21). The van der Waals surface area contributed by atoms with Crippen LogP contribution in [0.4, 0.5) is 0 Å². The minimum absolute atomic E-state index is 0.0527. The molecule has 23 heavy (non-hydrogen) atoms. The number of rotatable bonds is 7. The van der Waals surface area contributed by atoms with Crippen molar-refractivity contribution in [3.05, 3.63) is 35.9 Å². The van der Waals surface area contributed by atoms with Crippen molar-refractivity contribution >= 4 is 11.9 Å². The number of carbonyl (C=O) groups excluding carboxylic acids is 2. The third-order valence-corrected chi connectivity index (χ3v) is 4.02. The van der Waals surface area contributed by atoms with Gasteiger partial charge in [0, 0.05) is 39.3 Å². The molecule has 1 heterocycles. The molecule has 1 aromatic rings. The molecule has 0 bridgehead atoms. The number of amides is 1. The minimum atomic E-state index is -0.173. The molecule has 2 rings (SSSR count). The summed E-state index contributed by atoms with van der Waals surface area (Å²) >= 11 is 0. The van der Waals surface area contributed by atoms with Crippen molar-refractivity contribution in [2.45, 2.75) is 13.0 Å². The zero-order valence-corrected chi connectivity index (χ0v) is 13.7. The van der Waals surface area contributed by atoms with E-state index in [1.807, 2.05) is 30.3 Å². The van der Waals surface area contributed by atoms with Crippen molar-refractivity contribution in [2.75, 3.05) is 46.4 Å². The second-order valence-electron chi connectivity index (χ2n) is 5.71. The maximum atomic E-state index is 12.0. The smallest absolute Gasteiger partial charge is 0.306 e. The highest BCUT2D eigenvalue weighted by atomic mass is 16.5. The van der Waals surface area contributed by atoms with E-state index in [-0.39, 0.29) is 11.9 Å². The van der Waals surface area contributed by atoms with Crippen LogP contribution >= 0.6 is 0 Å². The van der Waals surface area contributed by atoms with Crippen molar-refractivity contribution in [1.29, 1.82) is 0 Å². The van der Waals surface area contributed by atoms with Crippen LogP contribution in [0, 0.1) is 0 Å². The summed E-state index contributed by atoms with van der Waals surface area (Å²) in [6, 6.07) is 9.90. The molecule has 0 unspecified atom stereocenters. The van der Waals surface area contributed by atoms with Gasteiger partial charge in [-0.15, -0.1) is 0 Å². The SMILES string of the molecule is COC(=O)CCN1CCN(CC(=O)NCc2ccccc2)CC1. The van der Waals surface area contributed by atoms with Crippen LogP contribution in [0.3, 0.4) is 0 Å². The van der Waals surface area contributed by atoms with Gasteiger partial charge >= 0.3 is 5.97 Å². The first-order valence-electron chi connectivity index (χ1n) is 7.99. The van der Waals surface area contributed by atoms with Gasteiger partial charge in [-0.1, -0.05) is 30.3 Å². The number of nitrogens with one attached hydrogen (secondary N) is 1. The van der Waals surface area contributed by atoms with Crippen molar-refractivity contribution in [3.8, 4) is 0 Å². The molecule has 0 radical (unpaired) electrons. The summed E-state index contributed by atoms with van der Waals surface area (Å²) in [7, 11) is 1.41. The Morgan fingerprint density at radius 1 is 1.09 bits per heavy atom. The Hall–Kier alpha value is -1.92. The molecule has 1 aromatic carbocycles. The van der Waals surface area contributed by atoms with E-state index < -0.39 is 0 Å². The van der Waals surface area contributed by atoms with E-state index in [4.69, 9.17) is 0 Å². The predicted molar refractivity (Wildman–Crippen MR) is 87.8 cm³/mol. The molecule has 0 saturated carbocycles. The van der Waals surface area contributed by atoms with E-state index in [0.29, 0.717) is 19.5 Å². The second-order valence-corrected chi connectivity index (χ2v) is 5.71. The predicted octanol–water partition coefficient (Wildman–Crippen LogP) is 0.484. The highest BCUT2D eigenvalue weighted by molar-refractivity contribution is 5.78. The molecule has 0 spiro atoms. The maximum absolute atomic E-state index is 12.0. The summed E-state index contributed by atoms with van der Waals surface area (Å²) in [5.41, 5.74) is 1.11. The molecule has 1 N–H and O–H groups in total. The van der Waals surface area contributed by atoms with E-state index >= 15 is 0 Å². The van der Waals surface area contributed by atoms with Crippen molar-refractivity contribution in [3.63, 3.8) is 0 Å². The third-order valence-electron chi connectivity index (χ3n) is 4.02. The van der Waals surface area contributed by atoms with Crippen LogP contribution in [0.2, 0.25) is 0 Å². The molecule has 1 aliphatic rings. The largest absolute Gasteiger partial charge is 0.469 e. The summed E-state index contributed by atoms with van der Waals surface area (Å²) in [5.74, 6) is -0.121. The first-order chi connectivity index (χ1) is 11.2. The van der Waals surface area contributed by atoms with Gasteiger partial charge in [0.1, 0.15) is 0 Å². The first kappa shape index (κ1) is 17.4. The molecule has 0 atom stereocenters. The van der Waals surface area contributed by atoms with Gasteiger partial charge < -0.3 is 15.0 Å². The Morgan fingerprint density at radius 3 is 2.39 bits per heavy atom. The molecule has 1 fully saturated rings. The number of hydrogen-bond donors (Lipinski definition) is 1. The Labute approximate surface area is 137 Å². The molecule has 1 saturated heterocycles. The fraction of sp³-hybridized carbons (Fsp3) is 0.529. The van der Waals surface area contributed by atoms with Crippen LogP contribution in [-0.4, -0.2) is 68.1 Å². The summed E-state index contributed by atoms with van der Waals surface area (Å²) in [6.45, 7) is 5.17. The van der Waals surface area contributed by atoms with Gasteiger partial charge in [-0.25, -0.2) is 0 Å². The monoisotopic (exact) mass is 319 g/mol. The van der Waals surface area contributed by atoms with Crippen LogP contribution in [0.25, 0.3) is 0 Å². The number of carbonyl (C=O) groups is 2. The van der Waals surface area contributed by atoms with Crippen molar-refractivity contribution in [1.82, 2.24) is 15.1 Å². The lowest BCUT2D eigenvalue weighted by molar-refractivity contribution is -0.141. The van der Waals surface area contributed by atoms with Gasteiger partial charge in [0.05, 0.1) is 20.1 Å². The van der Waals surface area contributed by atoms with E-state index in [0.717, 1.165) is 38.3 Å². The Kier molecular flexibility index (Phi) is 7.03. The molecular weight excluding hydrogens is 294 g/mol. The zero-order chi connectivity index (χ0) is 16.5. The lowest BCUT2D eigenvalue weighted by Crippen LogP contribution is -2.49. The molecule has 6 heteroatoms.